The summed E-state index contributed by atoms with van der Waals surface area (Å²) in [6.07, 6.45) is 3.55. The molecule has 0 spiro atoms. The highest BCUT2D eigenvalue weighted by atomic mass is 32.2. The Morgan fingerprint density at radius 3 is 2.82 bits per heavy atom. The maximum atomic E-state index is 13.1. The Kier molecular flexibility index (Phi) is 3.32. The fraction of sp³-hybridized carbons (Fsp3) is 0.667. The van der Waals surface area contributed by atoms with Gasteiger partial charge in [0.15, 0.2) is 5.16 Å². The molecule has 0 fully saturated rings. The van der Waals surface area contributed by atoms with Gasteiger partial charge in [0.25, 0.3) is 0 Å². The minimum absolute atomic E-state index is 0.0192. The highest BCUT2D eigenvalue weighted by Crippen LogP contribution is 2.35. The van der Waals surface area contributed by atoms with E-state index in [0.29, 0.717) is 18.8 Å². The van der Waals surface area contributed by atoms with E-state index < -0.39 is 11.2 Å². The van der Waals surface area contributed by atoms with Gasteiger partial charge in [-0.05, 0) is 12.8 Å². The quantitative estimate of drug-likeness (QED) is 0.842. The van der Waals surface area contributed by atoms with Crippen LogP contribution in [0.5, 0.6) is 0 Å². The van der Waals surface area contributed by atoms with Crippen LogP contribution in [0.15, 0.2) is 5.16 Å². The van der Waals surface area contributed by atoms with Crippen LogP contribution in [-0.2, 0) is 17.8 Å². The summed E-state index contributed by atoms with van der Waals surface area (Å²) in [6, 6.07) is 0. The van der Waals surface area contributed by atoms with Gasteiger partial charge < -0.3 is 9.67 Å². The van der Waals surface area contributed by atoms with Gasteiger partial charge in [-0.3, -0.25) is 0 Å². The molecule has 0 atom stereocenters. The van der Waals surface area contributed by atoms with E-state index in [-0.39, 0.29) is 16.9 Å². The summed E-state index contributed by atoms with van der Waals surface area (Å²) < 4.78 is 27.7. The highest BCUT2D eigenvalue weighted by molar-refractivity contribution is 8.00. The predicted molar refractivity (Wildman–Crippen MR) is 56.0 cm³/mol. The van der Waals surface area contributed by atoms with Crippen molar-refractivity contribution in [2.45, 2.75) is 42.6 Å². The van der Waals surface area contributed by atoms with Gasteiger partial charge >= 0.3 is 11.2 Å². The van der Waals surface area contributed by atoms with Crippen LogP contribution in [0.1, 0.15) is 25.1 Å². The third-order valence-electron chi connectivity index (χ3n) is 2.54. The highest BCUT2D eigenvalue weighted by Gasteiger charge is 2.42. The molecule has 1 aromatic heterocycles. The third kappa shape index (κ3) is 2.56. The van der Waals surface area contributed by atoms with Gasteiger partial charge in [-0.25, -0.2) is 4.79 Å². The van der Waals surface area contributed by atoms with E-state index in [4.69, 9.17) is 5.11 Å². The van der Waals surface area contributed by atoms with Gasteiger partial charge in [0.2, 0.25) is 0 Å². The van der Waals surface area contributed by atoms with Gasteiger partial charge in [0.1, 0.15) is 5.82 Å². The molecule has 5 nitrogen and oxygen atoms in total. The molecule has 1 aromatic rings. The van der Waals surface area contributed by atoms with E-state index in [1.54, 1.807) is 4.57 Å². The standard InChI is InChI=1S/C9H11F2N3O2S/c10-9(11,7(15)16)17-8-13-12-6-4-2-1-3-5-14(6)8/h1-5H2,(H,15,16). The largest absolute Gasteiger partial charge is 0.476 e. The Labute approximate surface area is 100 Å². The molecule has 0 unspecified atom stereocenters. The molecular weight excluding hydrogens is 252 g/mol. The van der Waals surface area contributed by atoms with Crippen molar-refractivity contribution in [3.8, 4) is 0 Å². The third-order valence-corrected chi connectivity index (χ3v) is 3.46. The van der Waals surface area contributed by atoms with Crippen LogP contribution in [0, 0.1) is 0 Å². The van der Waals surface area contributed by atoms with Crippen molar-refractivity contribution in [1.29, 1.82) is 0 Å². The van der Waals surface area contributed by atoms with Gasteiger partial charge in [0.05, 0.1) is 0 Å². The number of thioether (sulfide) groups is 1. The summed E-state index contributed by atoms with van der Waals surface area (Å²) >= 11 is -0.0590. The Morgan fingerprint density at radius 1 is 1.35 bits per heavy atom. The van der Waals surface area contributed by atoms with Crippen molar-refractivity contribution in [2.75, 3.05) is 0 Å². The number of aromatic nitrogens is 3. The molecule has 0 amide bonds. The normalized spacial score (nSPS) is 16.4. The van der Waals surface area contributed by atoms with Crippen molar-refractivity contribution < 1.29 is 18.7 Å². The average Bonchev–Trinajstić information content (AvgIpc) is 2.50. The first kappa shape index (κ1) is 12.3. The number of carbonyl (C=O) groups is 1. The molecule has 1 aliphatic rings. The van der Waals surface area contributed by atoms with Crippen LogP contribution >= 0.6 is 11.8 Å². The zero-order valence-corrected chi connectivity index (χ0v) is 9.71. The lowest BCUT2D eigenvalue weighted by Crippen LogP contribution is -2.24. The first-order valence-corrected chi connectivity index (χ1v) is 6.04. The molecule has 17 heavy (non-hydrogen) atoms. The molecule has 0 radical (unpaired) electrons. The number of fused-ring (bicyclic) bond motifs is 1. The fourth-order valence-corrected chi connectivity index (χ4v) is 2.40. The van der Waals surface area contributed by atoms with E-state index in [9.17, 15) is 13.6 Å². The summed E-state index contributed by atoms with van der Waals surface area (Å²) in [5.74, 6) is -1.50. The van der Waals surface area contributed by atoms with Crippen LogP contribution in [0.2, 0.25) is 0 Å². The van der Waals surface area contributed by atoms with Crippen LogP contribution in [0.25, 0.3) is 0 Å². The minimum Gasteiger partial charge on any atom is -0.476 e. The van der Waals surface area contributed by atoms with Crippen LogP contribution in [0.3, 0.4) is 0 Å². The molecule has 8 heteroatoms. The van der Waals surface area contributed by atoms with E-state index in [1.165, 1.54) is 0 Å². The van der Waals surface area contributed by atoms with E-state index >= 15 is 0 Å². The molecule has 1 N–H and O–H groups in total. The zero-order valence-electron chi connectivity index (χ0n) is 8.90. The van der Waals surface area contributed by atoms with E-state index in [2.05, 4.69) is 10.2 Å². The molecule has 1 aliphatic heterocycles. The first-order chi connectivity index (χ1) is 8.00. The smallest absolute Gasteiger partial charge is 0.395 e. The van der Waals surface area contributed by atoms with Gasteiger partial charge in [-0.1, -0.05) is 6.42 Å². The number of nitrogens with zero attached hydrogens (tertiary/aromatic N) is 3. The number of hydrogen-bond donors (Lipinski definition) is 1. The van der Waals surface area contributed by atoms with Crippen molar-refractivity contribution in [1.82, 2.24) is 14.8 Å². The summed E-state index contributed by atoms with van der Waals surface area (Å²) in [4.78, 5) is 10.4. The minimum atomic E-state index is -3.86. The van der Waals surface area contributed by atoms with Crippen LogP contribution in [-0.4, -0.2) is 31.1 Å². The maximum absolute atomic E-state index is 13.1. The summed E-state index contributed by atoms with van der Waals surface area (Å²) in [5.41, 5.74) is 0. The number of hydrogen-bond acceptors (Lipinski definition) is 4. The molecule has 0 aliphatic carbocycles. The molecular formula is C9H11F2N3O2S. The predicted octanol–water partition coefficient (Wildman–Crippen LogP) is 1.77. The Morgan fingerprint density at radius 2 is 2.12 bits per heavy atom. The lowest BCUT2D eigenvalue weighted by Gasteiger charge is -2.11. The summed E-state index contributed by atoms with van der Waals surface area (Å²) in [6.45, 7) is 0.570. The SMILES string of the molecule is O=C(O)C(F)(F)Sc1nnc2n1CCCCC2. The van der Waals surface area contributed by atoms with Gasteiger partial charge in [0, 0.05) is 24.7 Å². The second-order valence-corrected chi connectivity index (χ2v) is 4.87. The number of halogens is 2. The van der Waals surface area contributed by atoms with Gasteiger partial charge in [-0.15, -0.1) is 10.2 Å². The fourth-order valence-electron chi connectivity index (χ4n) is 1.69. The van der Waals surface area contributed by atoms with Crippen molar-refractivity contribution in [3.63, 3.8) is 0 Å². The number of rotatable bonds is 3. The molecule has 0 saturated carbocycles. The molecule has 2 rings (SSSR count). The Balaban J connectivity index is 2.22. The Bertz CT molecular complexity index is 436. The lowest BCUT2D eigenvalue weighted by molar-refractivity contribution is -0.152. The molecule has 0 saturated heterocycles. The Hall–Kier alpha value is -1.18. The summed E-state index contributed by atoms with van der Waals surface area (Å²) in [5, 5.41) is 12.0. The topological polar surface area (TPSA) is 68.0 Å². The second-order valence-electron chi connectivity index (χ2n) is 3.79. The van der Waals surface area contributed by atoms with Crippen LogP contribution in [0.4, 0.5) is 8.78 Å². The number of carboxylic acids is 1. The lowest BCUT2D eigenvalue weighted by atomic mass is 10.2. The first-order valence-electron chi connectivity index (χ1n) is 5.23. The molecule has 0 bridgehead atoms. The maximum Gasteiger partial charge on any atom is 0.395 e. The van der Waals surface area contributed by atoms with E-state index in [0.717, 1.165) is 19.3 Å². The number of alkyl halides is 2. The number of aryl methyl sites for hydroxylation is 1. The molecule has 94 valence electrons. The summed E-state index contributed by atoms with van der Waals surface area (Å²) in [7, 11) is 0. The van der Waals surface area contributed by atoms with Crippen molar-refractivity contribution in [3.05, 3.63) is 5.82 Å². The average molecular weight is 263 g/mol. The van der Waals surface area contributed by atoms with Crippen molar-refractivity contribution >= 4 is 17.7 Å². The molecule has 2 heterocycles. The monoisotopic (exact) mass is 263 g/mol. The van der Waals surface area contributed by atoms with Crippen molar-refractivity contribution in [2.24, 2.45) is 0 Å². The number of aliphatic carboxylic acids is 1. The van der Waals surface area contributed by atoms with Gasteiger partial charge in [-0.2, -0.15) is 8.78 Å². The van der Waals surface area contributed by atoms with Crippen LogP contribution < -0.4 is 0 Å². The number of carboxylic acid groups (broad SMARTS) is 1. The molecule has 0 aromatic carbocycles. The zero-order chi connectivity index (χ0) is 12.5. The second kappa shape index (κ2) is 4.59. The van der Waals surface area contributed by atoms with E-state index in [1.807, 2.05) is 0 Å².